The second kappa shape index (κ2) is 9.68. The molecule has 0 radical (unpaired) electrons. The van der Waals surface area contributed by atoms with Crippen LogP contribution in [-0.4, -0.2) is 24.5 Å². The van der Waals surface area contributed by atoms with E-state index in [1.165, 1.54) is 12.1 Å². The van der Waals surface area contributed by atoms with E-state index < -0.39 is 18.8 Å². The number of benzene rings is 3. The van der Waals surface area contributed by atoms with Gasteiger partial charge < -0.3 is 20.1 Å². The number of amides is 2. The van der Waals surface area contributed by atoms with Crippen molar-refractivity contribution in [2.45, 2.75) is 32.1 Å². The number of rotatable bonds is 7. The Morgan fingerprint density at radius 1 is 1.03 bits per heavy atom. The molecule has 6 nitrogen and oxygen atoms in total. The van der Waals surface area contributed by atoms with Gasteiger partial charge in [0.25, 0.3) is 11.8 Å². The van der Waals surface area contributed by atoms with Crippen molar-refractivity contribution in [3.05, 3.63) is 89.5 Å². The zero-order valence-corrected chi connectivity index (χ0v) is 17.8. The molecule has 0 spiro atoms. The van der Waals surface area contributed by atoms with E-state index >= 15 is 0 Å². The number of carbonyl (C=O) groups is 2. The second-order valence-electron chi connectivity index (χ2n) is 7.63. The molecule has 0 aromatic heterocycles. The summed E-state index contributed by atoms with van der Waals surface area (Å²) < 4.78 is 35.0. The first-order chi connectivity index (χ1) is 15.9. The molecule has 0 saturated heterocycles. The van der Waals surface area contributed by atoms with Gasteiger partial charge in [0.2, 0.25) is 0 Å². The third-order valence-electron chi connectivity index (χ3n) is 5.26. The average molecular weight is 452 g/mol. The molecule has 0 aliphatic carbocycles. The fourth-order valence-electron chi connectivity index (χ4n) is 3.61. The van der Waals surface area contributed by atoms with Gasteiger partial charge >= 0.3 is 6.61 Å². The fourth-order valence-corrected chi connectivity index (χ4v) is 3.61. The molecule has 3 aromatic rings. The van der Waals surface area contributed by atoms with E-state index in [0.29, 0.717) is 29.0 Å². The van der Waals surface area contributed by atoms with Gasteiger partial charge in [0, 0.05) is 17.7 Å². The van der Waals surface area contributed by atoms with E-state index in [-0.39, 0.29) is 17.6 Å². The van der Waals surface area contributed by atoms with Crippen molar-refractivity contribution < 1.29 is 27.8 Å². The maximum Gasteiger partial charge on any atom is 0.387 e. The first-order valence-corrected chi connectivity index (χ1v) is 10.4. The summed E-state index contributed by atoms with van der Waals surface area (Å²) in [6, 6.07) is 19.7. The largest absolute Gasteiger partial charge is 0.480 e. The molecule has 4 rings (SSSR count). The monoisotopic (exact) mass is 452 g/mol. The summed E-state index contributed by atoms with van der Waals surface area (Å²) in [7, 11) is 0. The Hall–Kier alpha value is -3.94. The Bertz CT molecular complexity index is 1140. The van der Waals surface area contributed by atoms with Crippen LogP contribution in [0, 0.1) is 0 Å². The molecule has 3 aromatic carbocycles. The Morgan fingerprint density at radius 2 is 1.82 bits per heavy atom. The molecule has 8 heteroatoms. The van der Waals surface area contributed by atoms with Gasteiger partial charge in [0.05, 0.1) is 6.04 Å². The van der Waals surface area contributed by atoms with Crippen LogP contribution in [0.1, 0.15) is 34.5 Å². The highest BCUT2D eigenvalue weighted by Gasteiger charge is 2.28. The molecule has 33 heavy (non-hydrogen) atoms. The van der Waals surface area contributed by atoms with Crippen molar-refractivity contribution in [3.8, 4) is 11.5 Å². The predicted molar refractivity (Wildman–Crippen MR) is 119 cm³/mol. The van der Waals surface area contributed by atoms with E-state index in [2.05, 4.69) is 15.4 Å². The van der Waals surface area contributed by atoms with Gasteiger partial charge in [-0.3, -0.25) is 9.59 Å². The quantitative estimate of drug-likeness (QED) is 0.544. The van der Waals surface area contributed by atoms with Crippen LogP contribution < -0.4 is 20.1 Å². The van der Waals surface area contributed by atoms with Gasteiger partial charge in [-0.25, -0.2) is 0 Å². The molecule has 2 atom stereocenters. The van der Waals surface area contributed by atoms with E-state index in [1.54, 1.807) is 43.3 Å². The van der Waals surface area contributed by atoms with E-state index in [0.717, 1.165) is 5.56 Å². The van der Waals surface area contributed by atoms with Crippen LogP contribution in [0.2, 0.25) is 0 Å². The zero-order chi connectivity index (χ0) is 23.4. The topological polar surface area (TPSA) is 76.7 Å². The molecular weight excluding hydrogens is 430 g/mol. The first-order valence-electron chi connectivity index (χ1n) is 10.4. The summed E-state index contributed by atoms with van der Waals surface area (Å²) in [5, 5.41) is 5.61. The highest BCUT2D eigenvalue weighted by Crippen LogP contribution is 2.29. The summed E-state index contributed by atoms with van der Waals surface area (Å²) in [6.07, 6.45) is -0.156. The highest BCUT2D eigenvalue weighted by atomic mass is 19.3. The lowest BCUT2D eigenvalue weighted by Gasteiger charge is -2.16. The Labute approximate surface area is 189 Å². The number of nitrogens with one attached hydrogen (secondary N) is 2. The summed E-state index contributed by atoms with van der Waals surface area (Å²) in [4.78, 5) is 25.4. The van der Waals surface area contributed by atoms with Crippen LogP contribution in [0.25, 0.3) is 0 Å². The standard InChI is InChI=1S/C25H22F2N2O4/c1-15(16-7-5-10-20(13-16)32-25(26)27)28-23(30)18-8-4-9-19(12-18)29-24(31)22-14-17-6-2-3-11-21(17)33-22/h2-13,15,22,25H,14H2,1H3,(H,28,30)(H,29,31). The highest BCUT2D eigenvalue weighted by molar-refractivity contribution is 5.98. The summed E-state index contributed by atoms with van der Waals surface area (Å²) in [5.41, 5.74) is 2.40. The molecule has 0 fully saturated rings. The maximum absolute atomic E-state index is 12.7. The van der Waals surface area contributed by atoms with Crippen LogP contribution in [0.4, 0.5) is 14.5 Å². The van der Waals surface area contributed by atoms with Gasteiger partial charge in [0.15, 0.2) is 6.10 Å². The number of fused-ring (bicyclic) bond motifs is 1. The van der Waals surface area contributed by atoms with Gasteiger partial charge in [-0.1, -0.05) is 36.4 Å². The molecule has 1 aliphatic rings. The maximum atomic E-state index is 12.7. The van der Waals surface area contributed by atoms with E-state index in [1.807, 2.05) is 24.3 Å². The number of para-hydroxylation sites is 1. The molecule has 1 aliphatic heterocycles. The normalized spacial score (nSPS) is 15.3. The van der Waals surface area contributed by atoms with Crippen molar-refractivity contribution in [2.24, 2.45) is 0 Å². The second-order valence-corrected chi connectivity index (χ2v) is 7.63. The van der Waals surface area contributed by atoms with Crippen LogP contribution in [0.3, 0.4) is 0 Å². The summed E-state index contributed by atoms with van der Waals surface area (Å²) >= 11 is 0. The first kappa shape index (κ1) is 22.3. The third-order valence-corrected chi connectivity index (χ3v) is 5.26. The Kier molecular flexibility index (Phi) is 6.53. The SMILES string of the molecule is CC(NC(=O)c1cccc(NC(=O)C2Cc3ccccc3O2)c1)c1cccc(OC(F)F)c1. The van der Waals surface area contributed by atoms with E-state index in [9.17, 15) is 18.4 Å². The molecule has 2 unspecified atom stereocenters. The molecule has 170 valence electrons. The third kappa shape index (κ3) is 5.46. The van der Waals surface area contributed by atoms with Crippen LogP contribution in [-0.2, 0) is 11.2 Å². The number of hydrogen-bond acceptors (Lipinski definition) is 4. The minimum absolute atomic E-state index is 0.0181. The van der Waals surface area contributed by atoms with Crippen molar-refractivity contribution in [3.63, 3.8) is 0 Å². The molecule has 0 bridgehead atoms. The van der Waals surface area contributed by atoms with Gasteiger partial charge in [-0.2, -0.15) is 8.78 Å². The predicted octanol–water partition coefficient (Wildman–Crippen LogP) is 4.72. The number of carbonyl (C=O) groups excluding carboxylic acids is 2. The molecule has 0 saturated carbocycles. The smallest absolute Gasteiger partial charge is 0.387 e. The summed E-state index contributed by atoms with van der Waals surface area (Å²) in [5.74, 6) is 0.0450. The number of ether oxygens (including phenoxy) is 2. The molecular formula is C25H22F2N2O4. The minimum Gasteiger partial charge on any atom is -0.480 e. The number of alkyl halides is 2. The average Bonchev–Trinajstić information content (AvgIpc) is 3.23. The van der Waals surface area contributed by atoms with Crippen LogP contribution >= 0.6 is 0 Å². The van der Waals surface area contributed by atoms with Gasteiger partial charge in [-0.15, -0.1) is 0 Å². The fraction of sp³-hybridized carbons (Fsp3) is 0.200. The lowest BCUT2D eigenvalue weighted by Crippen LogP contribution is -2.31. The van der Waals surface area contributed by atoms with Crippen LogP contribution in [0.15, 0.2) is 72.8 Å². The molecule has 2 N–H and O–H groups in total. The minimum atomic E-state index is -2.92. The van der Waals surface area contributed by atoms with Crippen molar-refractivity contribution in [2.75, 3.05) is 5.32 Å². The summed E-state index contributed by atoms with van der Waals surface area (Å²) in [6.45, 7) is -1.19. The van der Waals surface area contributed by atoms with Gasteiger partial charge in [-0.05, 0) is 54.4 Å². The van der Waals surface area contributed by atoms with Crippen LogP contribution in [0.5, 0.6) is 11.5 Å². The Balaban J connectivity index is 1.38. The lowest BCUT2D eigenvalue weighted by molar-refractivity contribution is -0.122. The number of anilines is 1. The lowest BCUT2D eigenvalue weighted by atomic mass is 10.1. The Morgan fingerprint density at radius 3 is 2.61 bits per heavy atom. The number of hydrogen-bond donors (Lipinski definition) is 2. The molecule has 1 heterocycles. The van der Waals surface area contributed by atoms with Crippen molar-refractivity contribution in [1.82, 2.24) is 5.32 Å². The van der Waals surface area contributed by atoms with E-state index in [4.69, 9.17) is 4.74 Å². The van der Waals surface area contributed by atoms with Crippen molar-refractivity contribution >= 4 is 17.5 Å². The van der Waals surface area contributed by atoms with Gasteiger partial charge in [0.1, 0.15) is 11.5 Å². The van der Waals surface area contributed by atoms with Crippen molar-refractivity contribution in [1.29, 1.82) is 0 Å². The number of halogens is 2. The molecule has 2 amide bonds. The zero-order valence-electron chi connectivity index (χ0n) is 17.8.